The first-order chi connectivity index (χ1) is 5.77. The summed E-state index contributed by atoms with van der Waals surface area (Å²) in [5.41, 5.74) is 2.88. The second-order valence-electron chi connectivity index (χ2n) is 3.49. The average molecular weight is 160 g/mol. The summed E-state index contributed by atoms with van der Waals surface area (Å²) in [5.74, 6) is 0. The van der Waals surface area contributed by atoms with Gasteiger partial charge in [0.2, 0.25) is 0 Å². The van der Waals surface area contributed by atoms with Crippen molar-refractivity contribution in [1.29, 1.82) is 0 Å². The molecule has 1 aliphatic rings. The van der Waals surface area contributed by atoms with Crippen LogP contribution in [-0.2, 0) is 6.42 Å². The van der Waals surface area contributed by atoms with Crippen LogP contribution in [0.25, 0.3) is 0 Å². The van der Waals surface area contributed by atoms with Crippen molar-refractivity contribution >= 4 is 0 Å². The van der Waals surface area contributed by atoms with Crippen molar-refractivity contribution in [3.05, 3.63) is 42.3 Å². The third-order valence-corrected chi connectivity index (χ3v) is 2.47. The summed E-state index contributed by atoms with van der Waals surface area (Å²) >= 11 is 0. The van der Waals surface area contributed by atoms with Crippen LogP contribution in [0.4, 0.5) is 0 Å². The molecule has 0 spiro atoms. The van der Waals surface area contributed by atoms with Crippen LogP contribution in [-0.4, -0.2) is 6.04 Å². The van der Waals surface area contributed by atoms with Gasteiger partial charge in [0.1, 0.15) is 0 Å². The Balaban J connectivity index is 2.40. The van der Waals surface area contributed by atoms with Crippen molar-refractivity contribution in [2.45, 2.75) is 25.4 Å². The Kier molecular flexibility index (Phi) is 1.89. The summed E-state index contributed by atoms with van der Waals surface area (Å²) in [4.78, 5) is 0. The van der Waals surface area contributed by atoms with Gasteiger partial charge in [0.15, 0.2) is 0 Å². The van der Waals surface area contributed by atoms with E-state index in [1.165, 1.54) is 11.1 Å². The van der Waals surface area contributed by atoms with Gasteiger partial charge in [0.05, 0.1) is 0 Å². The SMILES string of the molecule is [CH2]C1Cc2ccccc2C(C)N1. The zero-order chi connectivity index (χ0) is 8.55. The van der Waals surface area contributed by atoms with E-state index < -0.39 is 0 Å². The van der Waals surface area contributed by atoms with E-state index in [2.05, 4.69) is 43.4 Å². The molecule has 12 heavy (non-hydrogen) atoms. The molecule has 1 nitrogen and oxygen atoms in total. The quantitative estimate of drug-likeness (QED) is 0.613. The predicted molar refractivity (Wildman–Crippen MR) is 50.8 cm³/mol. The molecule has 1 aliphatic heterocycles. The standard InChI is InChI=1S/C11H14N/c1-8-7-10-5-3-4-6-11(10)9(2)12-8/h3-6,8-9,12H,1,7H2,2H3. The normalized spacial score (nSPS) is 28.2. The third-order valence-electron chi connectivity index (χ3n) is 2.47. The van der Waals surface area contributed by atoms with Gasteiger partial charge in [-0.15, -0.1) is 0 Å². The molecule has 2 unspecified atom stereocenters. The molecular weight excluding hydrogens is 146 g/mol. The van der Waals surface area contributed by atoms with E-state index in [4.69, 9.17) is 0 Å². The summed E-state index contributed by atoms with van der Waals surface area (Å²) in [7, 11) is 0. The highest BCUT2D eigenvalue weighted by Crippen LogP contribution is 2.23. The number of hydrogen-bond acceptors (Lipinski definition) is 1. The molecule has 0 bridgehead atoms. The Bertz CT molecular complexity index is 280. The molecule has 0 amide bonds. The first-order valence-electron chi connectivity index (χ1n) is 4.44. The van der Waals surface area contributed by atoms with Crippen molar-refractivity contribution in [3.8, 4) is 0 Å². The summed E-state index contributed by atoms with van der Waals surface area (Å²) in [6, 6.07) is 9.42. The molecule has 1 aromatic carbocycles. The first kappa shape index (κ1) is 7.81. The van der Waals surface area contributed by atoms with Gasteiger partial charge < -0.3 is 5.32 Å². The molecule has 0 aliphatic carbocycles. The van der Waals surface area contributed by atoms with Crippen molar-refractivity contribution in [2.24, 2.45) is 0 Å². The number of rotatable bonds is 0. The van der Waals surface area contributed by atoms with Crippen LogP contribution < -0.4 is 5.32 Å². The van der Waals surface area contributed by atoms with Crippen LogP contribution in [0, 0.1) is 6.92 Å². The van der Waals surface area contributed by atoms with Crippen molar-refractivity contribution in [3.63, 3.8) is 0 Å². The minimum absolute atomic E-state index is 0.370. The van der Waals surface area contributed by atoms with Gasteiger partial charge in [-0.2, -0.15) is 0 Å². The Morgan fingerprint density at radius 1 is 1.42 bits per heavy atom. The van der Waals surface area contributed by atoms with Crippen LogP contribution in [0.5, 0.6) is 0 Å². The topological polar surface area (TPSA) is 12.0 Å². The molecule has 0 aromatic heterocycles. The molecule has 1 heteroatoms. The monoisotopic (exact) mass is 160 g/mol. The van der Waals surface area contributed by atoms with Gasteiger partial charge in [0.25, 0.3) is 0 Å². The van der Waals surface area contributed by atoms with Crippen LogP contribution in [0.15, 0.2) is 24.3 Å². The van der Waals surface area contributed by atoms with E-state index in [-0.39, 0.29) is 0 Å². The van der Waals surface area contributed by atoms with Crippen LogP contribution in [0.1, 0.15) is 24.1 Å². The summed E-state index contributed by atoms with van der Waals surface area (Å²) < 4.78 is 0. The van der Waals surface area contributed by atoms with E-state index in [0.717, 1.165) is 6.42 Å². The van der Waals surface area contributed by atoms with Crippen LogP contribution in [0.2, 0.25) is 0 Å². The minimum atomic E-state index is 0.370. The maximum atomic E-state index is 4.04. The zero-order valence-corrected chi connectivity index (χ0v) is 7.38. The lowest BCUT2D eigenvalue weighted by Crippen LogP contribution is -2.36. The number of nitrogens with one attached hydrogen (secondary N) is 1. The fraction of sp³-hybridized carbons (Fsp3) is 0.364. The molecule has 1 radical (unpaired) electrons. The van der Waals surface area contributed by atoms with Crippen LogP contribution in [0.3, 0.4) is 0 Å². The molecular formula is C11H14N. The Labute approximate surface area is 73.8 Å². The minimum Gasteiger partial charge on any atom is -0.307 e. The maximum Gasteiger partial charge on any atom is 0.0297 e. The van der Waals surface area contributed by atoms with E-state index >= 15 is 0 Å². The van der Waals surface area contributed by atoms with Crippen molar-refractivity contribution in [1.82, 2.24) is 5.32 Å². The maximum absolute atomic E-state index is 4.04. The smallest absolute Gasteiger partial charge is 0.0297 e. The Morgan fingerprint density at radius 3 is 3.00 bits per heavy atom. The first-order valence-corrected chi connectivity index (χ1v) is 4.44. The molecule has 1 N–H and O–H groups in total. The van der Waals surface area contributed by atoms with E-state index in [1.54, 1.807) is 0 Å². The van der Waals surface area contributed by atoms with Crippen LogP contribution >= 0.6 is 0 Å². The van der Waals surface area contributed by atoms with Gasteiger partial charge in [-0.3, -0.25) is 0 Å². The molecule has 1 heterocycles. The molecule has 63 valence electrons. The lowest BCUT2D eigenvalue weighted by molar-refractivity contribution is 0.473. The van der Waals surface area contributed by atoms with Gasteiger partial charge >= 0.3 is 0 Å². The zero-order valence-electron chi connectivity index (χ0n) is 7.38. The van der Waals surface area contributed by atoms with Crippen molar-refractivity contribution in [2.75, 3.05) is 0 Å². The Morgan fingerprint density at radius 2 is 2.17 bits per heavy atom. The highest BCUT2D eigenvalue weighted by Gasteiger charge is 2.19. The van der Waals surface area contributed by atoms with Gasteiger partial charge in [0, 0.05) is 12.1 Å². The molecule has 1 aromatic rings. The van der Waals surface area contributed by atoms with E-state index in [1.807, 2.05) is 0 Å². The highest BCUT2D eigenvalue weighted by atomic mass is 14.9. The second-order valence-corrected chi connectivity index (χ2v) is 3.49. The largest absolute Gasteiger partial charge is 0.307 e. The van der Waals surface area contributed by atoms with E-state index in [9.17, 15) is 0 Å². The van der Waals surface area contributed by atoms with Gasteiger partial charge in [-0.05, 0) is 31.4 Å². The van der Waals surface area contributed by atoms with Gasteiger partial charge in [-0.1, -0.05) is 24.3 Å². The average Bonchev–Trinajstić information content (AvgIpc) is 2.04. The molecule has 0 saturated carbocycles. The summed E-state index contributed by atoms with van der Waals surface area (Å²) in [5, 5.41) is 3.42. The van der Waals surface area contributed by atoms with E-state index in [0.29, 0.717) is 12.1 Å². The third kappa shape index (κ3) is 1.25. The fourth-order valence-corrected chi connectivity index (χ4v) is 1.91. The van der Waals surface area contributed by atoms with Gasteiger partial charge in [-0.25, -0.2) is 0 Å². The molecule has 0 fully saturated rings. The molecule has 0 saturated heterocycles. The number of hydrogen-bond donors (Lipinski definition) is 1. The van der Waals surface area contributed by atoms with Crippen molar-refractivity contribution < 1.29 is 0 Å². The molecule has 2 rings (SSSR count). The number of benzene rings is 1. The number of fused-ring (bicyclic) bond motifs is 1. The summed E-state index contributed by atoms with van der Waals surface area (Å²) in [6.07, 6.45) is 1.06. The molecule has 2 atom stereocenters. The predicted octanol–water partition coefficient (Wildman–Crippen LogP) is 2.10. The lowest BCUT2D eigenvalue weighted by Gasteiger charge is -2.28. The summed E-state index contributed by atoms with van der Waals surface area (Å²) in [6.45, 7) is 6.23. The Hall–Kier alpha value is -0.820. The lowest BCUT2D eigenvalue weighted by atomic mass is 9.92. The second kappa shape index (κ2) is 2.91. The highest BCUT2D eigenvalue weighted by molar-refractivity contribution is 5.32. The fourth-order valence-electron chi connectivity index (χ4n) is 1.91.